The van der Waals surface area contributed by atoms with E-state index < -0.39 is 0 Å². The summed E-state index contributed by atoms with van der Waals surface area (Å²) in [6.45, 7) is 10.7. The second-order valence-electron chi connectivity index (χ2n) is 3.63. The minimum Gasteiger partial charge on any atom is -0.328 e. The van der Waals surface area contributed by atoms with E-state index in [0.29, 0.717) is 11.8 Å². The Morgan fingerprint density at radius 3 is 2.38 bits per heavy atom. The van der Waals surface area contributed by atoms with E-state index >= 15 is 0 Å². The monoisotopic (exact) mass is 310 g/mol. The van der Waals surface area contributed by atoms with E-state index in [4.69, 9.17) is 0 Å². The largest absolute Gasteiger partial charge is 0.328 e. The maximum atomic E-state index is 11.7. The molecule has 0 aliphatic rings. The summed E-state index contributed by atoms with van der Waals surface area (Å²) in [5.41, 5.74) is 0. The maximum absolute atomic E-state index is 11.7. The predicted molar refractivity (Wildman–Crippen MR) is 88.1 cm³/mol. The SMILES string of the molecule is C=CN(/C=C/C)C(=O)NCSCN(C=C)C(=O)N/C=C/C. The molecule has 0 aromatic rings. The number of carbonyl (C=O) groups excluding carboxylic acids is 2. The fourth-order valence-corrected chi connectivity index (χ4v) is 1.89. The zero-order valence-corrected chi connectivity index (χ0v) is 13.2. The summed E-state index contributed by atoms with van der Waals surface area (Å²) in [7, 11) is 0. The van der Waals surface area contributed by atoms with Crippen LogP contribution < -0.4 is 10.6 Å². The van der Waals surface area contributed by atoms with Gasteiger partial charge in [-0.3, -0.25) is 9.80 Å². The molecule has 0 saturated heterocycles. The molecule has 0 atom stereocenters. The van der Waals surface area contributed by atoms with Gasteiger partial charge in [-0.15, -0.1) is 11.8 Å². The van der Waals surface area contributed by atoms with Crippen LogP contribution in [0.3, 0.4) is 0 Å². The molecule has 0 radical (unpaired) electrons. The van der Waals surface area contributed by atoms with Crippen molar-refractivity contribution in [2.24, 2.45) is 0 Å². The number of amides is 4. The number of hydrogen-bond acceptors (Lipinski definition) is 3. The van der Waals surface area contributed by atoms with Crippen LogP contribution in [0, 0.1) is 0 Å². The summed E-state index contributed by atoms with van der Waals surface area (Å²) in [5.74, 6) is 0.743. The fourth-order valence-electron chi connectivity index (χ4n) is 1.15. The topological polar surface area (TPSA) is 64.7 Å². The molecule has 0 rings (SSSR count). The van der Waals surface area contributed by atoms with Crippen LogP contribution in [-0.2, 0) is 0 Å². The van der Waals surface area contributed by atoms with Gasteiger partial charge in [0.1, 0.15) is 0 Å². The Kier molecular flexibility index (Phi) is 10.5. The highest BCUT2D eigenvalue weighted by Gasteiger charge is 2.09. The van der Waals surface area contributed by atoms with E-state index in [1.165, 1.54) is 34.0 Å². The quantitative estimate of drug-likeness (QED) is 0.535. The number of nitrogens with one attached hydrogen (secondary N) is 2. The van der Waals surface area contributed by atoms with E-state index in [1.807, 2.05) is 6.92 Å². The Labute approximate surface area is 130 Å². The van der Waals surface area contributed by atoms with Crippen molar-refractivity contribution in [2.45, 2.75) is 13.8 Å². The van der Waals surface area contributed by atoms with Crippen molar-refractivity contribution in [2.75, 3.05) is 11.8 Å². The van der Waals surface area contributed by atoms with Crippen LogP contribution in [0.15, 0.2) is 50.1 Å². The van der Waals surface area contributed by atoms with Crippen molar-refractivity contribution >= 4 is 23.8 Å². The van der Waals surface area contributed by atoms with Crippen LogP contribution in [0.25, 0.3) is 0 Å². The molecule has 0 aromatic heterocycles. The van der Waals surface area contributed by atoms with Crippen LogP contribution in [0.5, 0.6) is 0 Å². The predicted octanol–water partition coefficient (Wildman–Crippen LogP) is 3.01. The van der Waals surface area contributed by atoms with Gasteiger partial charge < -0.3 is 10.6 Å². The average molecular weight is 310 g/mol. The van der Waals surface area contributed by atoms with Crippen molar-refractivity contribution in [1.29, 1.82) is 0 Å². The van der Waals surface area contributed by atoms with Gasteiger partial charge in [0.25, 0.3) is 0 Å². The summed E-state index contributed by atoms with van der Waals surface area (Å²) in [4.78, 5) is 26.1. The first kappa shape index (κ1) is 18.9. The van der Waals surface area contributed by atoms with E-state index in [9.17, 15) is 9.59 Å². The molecule has 2 N–H and O–H groups in total. The van der Waals surface area contributed by atoms with Gasteiger partial charge in [-0.05, 0) is 13.8 Å². The number of carbonyl (C=O) groups is 2. The number of nitrogens with zero attached hydrogens (tertiary/aromatic N) is 2. The minimum absolute atomic E-state index is 0.274. The Balaban J connectivity index is 4.12. The molecule has 116 valence electrons. The van der Waals surface area contributed by atoms with Crippen molar-refractivity contribution in [3.05, 3.63) is 50.1 Å². The Morgan fingerprint density at radius 1 is 1.14 bits per heavy atom. The van der Waals surface area contributed by atoms with Crippen LogP contribution in [-0.4, -0.2) is 33.6 Å². The van der Waals surface area contributed by atoms with Gasteiger partial charge in [0, 0.05) is 24.8 Å². The highest BCUT2D eigenvalue weighted by molar-refractivity contribution is 7.99. The Bertz CT molecular complexity index is 421. The number of urea groups is 2. The van der Waals surface area contributed by atoms with E-state index in [2.05, 4.69) is 23.8 Å². The fraction of sp³-hybridized carbons (Fsp3) is 0.286. The highest BCUT2D eigenvalue weighted by Crippen LogP contribution is 2.04. The molecule has 0 bridgehead atoms. The van der Waals surface area contributed by atoms with E-state index in [0.717, 1.165) is 0 Å². The first-order valence-corrected chi connectivity index (χ1v) is 7.46. The summed E-state index contributed by atoms with van der Waals surface area (Å²) < 4.78 is 0. The molecule has 7 heteroatoms. The normalized spacial score (nSPS) is 10.4. The van der Waals surface area contributed by atoms with Crippen LogP contribution in [0.4, 0.5) is 9.59 Å². The van der Waals surface area contributed by atoms with Gasteiger partial charge in [0.05, 0.1) is 11.8 Å². The van der Waals surface area contributed by atoms with Crippen molar-refractivity contribution in [3.8, 4) is 0 Å². The van der Waals surface area contributed by atoms with E-state index in [1.54, 1.807) is 31.5 Å². The maximum Gasteiger partial charge on any atom is 0.326 e. The minimum atomic E-state index is -0.279. The van der Waals surface area contributed by atoms with Gasteiger partial charge in [-0.1, -0.05) is 25.3 Å². The molecular formula is C14H22N4O2S. The molecular weight excluding hydrogens is 288 g/mol. The molecule has 0 unspecified atom stereocenters. The van der Waals surface area contributed by atoms with Crippen molar-refractivity contribution in [1.82, 2.24) is 20.4 Å². The molecule has 0 fully saturated rings. The second kappa shape index (κ2) is 11.7. The molecule has 4 amide bonds. The Morgan fingerprint density at radius 2 is 1.86 bits per heavy atom. The first-order valence-electron chi connectivity index (χ1n) is 6.30. The molecule has 0 heterocycles. The van der Waals surface area contributed by atoms with Gasteiger partial charge in [0.2, 0.25) is 0 Å². The summed E-state index contributed by atoms with van der Waals surface area (Å²) in [5, 5.41) is 5.28. The third kappa shape index (κ3) is 7.88. The molecule has 0 saturated carbocycles. The summed E-state index contributed by atoms with van der Waals surface area (Å²) >= 11 is 1.37. The lowest BCUT2D eigenvalue weighted by atomic mass is 10.6. The standard InChI is InChI=1S/C14H22N4O2S/c1-5-9-15-13(19)18(8-4)12-21-11-16-14(20)17(7-3)10-6-2/h5-10H,3-4,11-12H2,1-2H3,(H,15,19)(H,16,20)/b9-5+,10-6+. The molecule has 6 nitrogen and oxygen atoms in total. The van der Waals surface area contributed by atoms with Crippen LogP contribution in [0.2, 0.25) is 0 Å². The third-order valence-corrected chi connectivity index (χ3v) is 2.96. The number of allylic oxidation sites excluding steroid dienone is 2. The molecule has 0 aliphatic carbocycles. The summed E-state index contributed by atoms with van der Waals surface area (Å²) in [6.07, 6.45) is 9.46. The van der Waals surface area contributed by atoms with E-state index in [-0.39, 0.29) is 12.1 Å². The van der Waals surface area contributed by atoms with Gasteiger partial charge in [-0.25, -0.2) is 9.59 Å². The number of thioether (sulfide) groups is 1. The van der Waals surface area contributed by atoms with Crippen molar-refractivity contribution in [3.63, 3.8) is 0 Å². The molecule has 0 aliphatic heterocycles. The van der Waals surface area contributed by atoms with Crippen LogP contribution in [0.1, 0.15) is 13.8 Å². The first-order chi connectivity index (χ1) is 10.1. The highest BCUT2D eigenvalue weighted by atomic mass is 32.2. The van der Waals surface area contributed by atoms with Gasteiger partial charge >= 0.3 is 12.1 Å². The second-order valence-corrected chi connectivity index (χ2v) is 4.59. The van der Waals surface area contributed by atoms with Gasteiger partial charge in [-0.2, -0.15) is 0 Å². The molecule has 0 aromatic carbocycles. The zero-order valence-electron chi connectivity index (χ0n) is 12.4. The lowest BCUT2D eigenvalue weighted by Crippen LogP contribution is -2.35. The number of rotatable bonds is 8. The Hall–Kier alpha value is -2.15. The third-order valence-electron chi connectivity index (χ3n) is 2.15. The average Bonchev–Trinajstić information content (AvgIpc) is 2.49. The number of hydrogen-bond donors (Lipinski definition) is 2. The van der Waals surface area contributed by atoms with Crippen LogP contribution >= 0.6 is 11.8 Å². The summed E-state index contributed by atoms with van der Waals surface area (Å²) in [6, 6.07) is -0.553. The smallest absolute Gasteiger partial charge is 0.326 e. The zero-order chi connectivity index (χ0) is 16.1. The molecule has 21 heavy (non-hydrogen) atoms. The lowest BCUT2D eigenvalue weighted by Gasteiger charge is -2.18. The van der Waals surface area contributed by atoms with Crippen molar-refractivity contribution < 1.29 is 9.59 Å². The lowest BCUT2D eigenvalue weighted by molar-refractivity contribution is 0.224. The molecule has 0 spiro atoms. The van der Waals surface area contributed by atoms with Gasteiger partial charge in [0.15, 0.2) is 0 Å².